The molecule has 0 aliphatic carbocycles. The van der Waals surface area contributed by atoms with Crippen LogP contribution in [0.25, 0.3) is 22.3 Å². The van der Waals surface area contributed by atoms with Crippen LogP contribution in [0.3, 0.4) is 0 Å². The van der Waals surface area contributed by atoms with Crippen molar-refractivity contribution in [3.05, 3.63) is 99.2 Å². The molecule has 0 radical (unpaired) electrons. The Bertz CT molecular complexity index is 1860. The third kappa shape index (κ3) is 4.43. The van der Waals surface area contributed by atoms with Gasteiger partial charge in [0.15, 0.2) is 10.8 Å². The van der Waals surface area contributed by atoms with Crippen LogP contribution in [0.15, 0.2) is 71.1 Å². The number of hydrogen-bond donors (Lipinski definition) is 3. The van der Waals surface area contributed by atoms with Crippen LogP contribution in [-0.4, -0.2) is 36.6 Å². The number of anilines is 2. The minimum absolute atomic E-state index is 0.108. The number of carbonyl (C=O) groups excluding carboxylic acids is 1. The Morgan fingerprint density at radius 3 is 2.77 bits per heavy atom. The summed E-state index contributed by atoms with van der Waals surface area (Å²) in [5, 5.41) is 12.1. The number of amides is 1. The number of nitrogen functional groups attached to an aromatic ring is 1. The Kier molecular flexibility index (Phi) is 6.14. The van der Waals surface area contributed by atoms with Gasteiger partial charge in [0.1, 0.15) is 17.1 Å². The lowest BCUT2D eigenvalue weighted by molar-refractivity contribution is 0.0941. The molecule has 0 saturated carbocycles. The fourth-order valence-electron chi connectivity index (χ4n) is 4.41. The molecule has 1 aromatic carbocycles. The van der Waals surface area contributed by atoms with Gasteiger partial charge in [0.05, 0.1) is 17.3 Å². The van der Waals surface area contributed by atoms with Crippen LogP contribution < -0.4 is 21.9 Å². The predicted octanol–water partition coefficient (Wildman–Crippen LogP) is 3.38. The van der Waals surface area contributed by atoms with Crippen molar-refractivity contribution in [3.63, 3.8) is 0 Å². The normalized spacial score (nSPS) is 12.7. The van der Waals surface area contributed by atoms with E-state index in [1.54, 1.807) is 43.0 Å². The molecule has 1 atom stereocenters. The third-order valence-electron chi connectivity index (χ3n) is 6.23. The van der Waals surface area contributed by atoms with E-state index in [9.17, 15) is 9.59 Å². The second-order valence-corrected chi connectivity index (χ2v) is 9.62. The minimum atomic E-state index is -0.618. The molecular weight excluding hydrogens is 512 g/mol. The second kappa shape index (κ2) is 9.92. The van der Waals surface area contributed by atoms with E-state index >= 15 is 0 Å². The van der Waals surface area contributed by atoms with Crippen LogP contribution in [0.4, 0.5) is 11.6 Å². The van der Waals surface area contributed by atoms with E-state index in [4.69, 9.17) is 10.7 Å². The lowest BCUT2D eigenvalue weighted by atomic mass is 10.0. The highest BCUT2D eigenvalue weighted by atomic mass is 32.1. The van der Waals surface area contributed by atoms with E-state index in [0.29, 0.717) is 39.8 Å². The SMILES string of the molecule is CC(NC(=O)c1c(N)nn2c1NCC=C2)c1nc2scc(C#Cc3ccncc3)n2c(=O)c1-c1ccccc1. The molecule has 1 aliphatic rings. The first kappa shape index (κ1) is 24.1. The lowest BCUT2D eigenvalue weighted by Gasteiger charge is -2.18. The van der Waals surface area contributed by atoms with E-state index < -0.39 is 11.9 Å². The molecule has 0 bridgehead atoms. The summed E-state index contributed by atoms with van der Waals surface area (Å²) in [4.78, 5) is 36.7. The zero-order valence-electron chi connectivity index (χ0n) is 20.8. The smallest absolute Gasteiger partial charge is 0.267 e. The number of hydrogen-bond acceptors (Lipinski definition) is 8. The standard InChI is InChI=1S/C28H22N8O2S/c1-17(32-26(37)22-24(29)34-35-15-5-12-31-25(22)35)23-21(19-6-3-2-4-7-19)27(38)36-20(16-39-28(36)33-23)9-8-18-10-13-30-14-11-18/h2-7,10-11,13-17,31H,12H2,1H3,(H2,29,34)(H,32,37). The summed E-state index contributed by atoms with van der Waals surface area (Å²) in [7, 11) is 0. The summed E-state index contributed by atoms with van der Waals surface area (Å²) in [6, 6.07) is 12.3. The third-order valence-corrected chi connectivity index (χ3v) is 7.06. The first-order chi connectivity index (χ1) is 19.0. The molecular formula is C28H22N8O2S. The van der Waals surface area contributed by atoms with Crippen LogP contribution in [-0.2, 0) is 0 Å². The van der Waals surface area contributed by atoms with Gasteiger partial charge in [-0.2, -0.15) is 0 Å². The molecule has 192 valence electrons. The van der Waals surface area contributed by atoms with E-state index in [-0.39, 0.29) is 16.9 Å². The molecule has 5 heterocycles. The summed E-state index contributed by atoms with van der Waals surface area (Å²) in [5.41, 5.74) is 8.90. The van der Waals surface area contributed by atoms with Crippen molar-refractivity contribution in [2.24, 2.45) is 0 Å². The Labute approximate surface area is 226 Å². The van der Waals surface area contributed by atoms with Crippen LogP contribution >= 0.6 is 11.3 Å². The average Bonchev–Trinajstić information content (AvgIpc) is 3.52. The number of nitrogens with one attached hydrogen (secondary N) is 2. The number of pyridine rings is 1. The number of aromatic nitrogens is 5. The molecule has 0 fully saturated rings. The van der Waals surface area contributed by atoms with E-state index in [2.05, 4.69) is 32.6 Å². The molecule has 1 unspecified atom stereocenters. The largest absolute Gasteiger partial charge is 0.381 e. The van der Waals surface area contributed by atoms with Gasteiger partial charge in [-0.1, -0.05) is 36.3 Å². The molecule has 1 aliphatic heterocycles. The van der Waals surface area contributed by atoms with Crippen LogP contribution in [0.2, 0.25) is 0 Å². The average molecular weight is 535 g/mol. The van der Waals surface area contributed by atoms with Gasteiger partial charge in [0.2, 0.25) is 0 Å². The zero-order valence-corrected chi connectivity index (χ0v) is 21.6. The van der Waals surface area contributed by atoms with Gasteiger partial charge < -0.3 is 16.4 Å². The fourth-order valence-corrected chi connectivity index (χ4v) is 5.23. The first-order valence-electron chi connectivity index (χ1n) is 12.1. The minimum Gasteiger partial charge on any atom is -0.381 e. The first-order valence-corrected chi connectivity index (χ1v) is 13.0. The highest BCUT2D eigenvalue weighted by Gasteiger charge is 2.27. The number of rotatable bonds is 4. The molecule has 5 aromatic rings. The van der Waals surface area contributed by atoms with Crippen molar-refractivity contribution in [2.75, 3.05) is 17.6 Å². The Morgan fingerprint density at radius 2 is 1.97 bits per heavy atom. The molecule has 1 amide bonds. The summed E-state index contributed by atoms with van der Waals surface area (Å²) in [6.07, 6.45) is 6.95. The molecule has 0 spiro atoms. The molecule has 4 N–H and O–H groups in total. The van der Waals surface area contributed by atoms with Gasteiger partial charge in [-0.3, -0.25) is 14.6 Å². The number of nitrogens with zero attached hydrogens (tertiary/aromatic N) is 5. The summed E-state index contributed by atoms with van der Waals surface area (Å²) < 4.78 is 3.05. The van der Waals surface area contributed by atoms with Crippen LogP contribution in [0, 0.1) is 11.8 Å². The van der Waals surface area contributed by atoms with E-state index in [0.717, 1.165) is 5.56 Å². The van der Waals surface area contributed by atoms with Crippen molar-refractivity contribution >= 4 is 40.0 Å². The molecule has 39 heavy (non-hydrogen) atoms. The van der Waals surface area contributed by atoms with Gasteiger partial charge in [-0.15, -0.1) is 16.4 Å². The van der Waals surface area contributed by atoms with E-state index in [1.165, 1.54) is 20.4 Å². The lowest BCUT2D eigenvalue weighted by Crippen LogP contribution is -2.31. The Balaban J connectivity index is 1.43. The summed E-state index contributed by atoms with van der Waals surface area (Å²) in [6.45, 7) is 2.35. The number of nitrogens with two attached hydrogens (primary N) is 1. The number of thiazole rings is 1. The van der Waals surface area contributed by atoms with Crippen LogP contribution in [0.1, 0.15) is 40.3 Å². The maximum absolute atomic E-state index is 14.0. The Hall–Kier alpha value is -5.21. The molecule has 11 heteroatoms. The highest BCUT2D eigenvalue weighted by molar-refractivity contribution is 7.15. The molecule has 10 nitrogen and oxygen atoms in total. The van der Waals surface area contributed by atoms with Crippen molar-refractivity contribution in [1.82, 2.24) is 29.5 Å². The van der Waals surface area contributed by atoms with Crippen molar-refractivity contribution in [3.8, 4) is 23.0 Å². The van der Waals surface area contributed by atoms with Gasteiger partial charge >= 0.3 is 0 Å². The molecule has 0 saturated heterocycles. The molecule has 4 aromatic heterocycles. The second-order valence-electron chi connectivity index (χ2n) is 8.78. The number of carbonyl (C=O) groups is 1. The Morgan fingerprint density at radius 1 is 1.18 bits per heavy atom. The maximum Gasteiger partial charge on any atom is 0.267 e. The quantitative estimate of drug-likeness (QED) is 0.301. The van der Waals surface area contributed by atoms with Gasteiger partial charge in [0.25, 0.3) is 11.5 Å². The fraction of sp³-hybridized carbons (Fsp3) is 0.107. The van der Waals surface area contributed by atoms with Crippen molar-refractivity contribution in [2.45, 2.75) is 13.0 Å². The summed E-state index contributed by atoms with van der Waals surface area (Å²) in [5.74, 6) is 6.37. The monoisotopic (exact) mass is 534 g/mol. The van der Waals surface area contributed by atoms with Crippen LogP contribution in [0.5, 0.6) is 0 Å². The number of fused-ring (bicyclic) bond motifs is 2. The van der Waals surface area contributed by atoms with Gasteiger partial charge in [-0.25, -0.2) is 14.1 Å². The van der Waals surface area contributed by atoms with Crippen molar-refractivity contribution < 1.29 is 4.79 Å². The topological polar surface area (TPSA) is 132 Å². The zero-order chi connectivity index (χ0) is 26.9. The number of benzene rings is 1. The van der Waals surface area contributed by atoms with Gasteiger partial charge in [0, 0.05) is 36.1 Å². The van der Waals surface area contributed by atoms with Crippen molar-refractivity contribution in [1.29, 1.82) is 0 Å². The maximum atomic E-state index is 14.0. The molecule has 6 rings (SSSR count). The van der Waals surface area contributed by atoms with Gasteiger partial charge in [-0.05, 0) is 36.6 Å². The van der Waals surface area contributed by atoms with E-state index in [1.807, 2.05) is 36.4 Å². The summed E-state index contributed by atoms with van der Waals surface area (Å²) >= 11 is 1.31. The predicted molar refractivity (Wildman–Crippen MR) is 151 cm³/mol. The highest BCUT2D eigenvalue weighted by Crippen LogP contribution is 2.28.